The van der Waals surface area contributed by atoms with Crippen LogP contribution in [-0.2, 0) is 0 Å². The molecule has 0 radical (unpaired) electrons. The van der Waals surface area contributed by atoms with Crippen LogP contribution in [0.3, 0.4) is 0 Å². The first-order valence-corrected chi connectivity index (χ1v) is 6.08. The molecule has 0 spiro atoms. The second kappa shape index (κ2) is 4.81. The summed E-state index contributed by atoms with van der Waals surface area (Å²) in [4.78, 5) is 27.5. The van der Waals surface area contributed by atoms with Gasteiger partial charge in [0.2, 0.25) is 12.7 Å². The van der Waals surface area contributed by atoms with Crippen LogP contribution in [0.5, 0.6) is 0 Å². The van der Waals surface area contributed by atoms with Gasteiger partial charge in [-0.1, -0.05) is 12.2 Å². The van der Waals surface area contributed by atoms with E-state index in [1.54, 1.807) is 9.13 Å². The van der Waals surface area contributed by atoms with E-state index < -0.39 is 9.85 Å². The molecule has 0 unspecified atom stereocenters. The molecule has 108 valence electrons. The van der Waals surface area contributed by atoms with Gasteiger partial charge in [-0.25, -0.2) is 0 Å². The van der Waals surface area contributed by atoms with Gasteiger partial charge in [0.25, 0.3) is 0 Å². The molecule has 3 rings (SSSR count). The molecule has 0 aromatic carbocycles. The fraction of sp³-hybridized carbons (Fsp3) is 0.273. The average molecular weight is 290 g/mol. The largest absolute Gasteiger partial charge is 0.381 e. The minimum Gasteiger partial charge on any atom is -0.358 e. The van der Waals surface area contributed by atoms with Gasteiger partial charge in [0.1, 0.15) is 12.4 Å². The van der Waals surface area contributed by atoms with Crippen LogP contribution in [0.2, 0.25) is 0 Å². The minimum absolute atomic E-state index is 0.0716. The number of allylic oxidation sites excluding steroid dienone is 2. The number of nitro groups is 2. The van der Waals surface area contributed by atoms with Crippen LogP contribution in [0.25, 0.3) is 0 Å². The Balaban J connectivity index is 1.74. The predicted octanol–water partition coefficient (Wildman–Crippen LogP) is 1.64. The third-order valence-electron chi connectivity index (χ3n) is 3.35. The van der Waals surface area contributed by atoms with E-state index in [0.717, 1.165) is 0 Å². The highest BCUT2D eigenvalue weighted by Gasteiger charge is 2.25. The van der Waals surface area contributed by atoms with Gasteiger partial charge >= 0.3 is 11.6 Å². The topological polar surface area (TPSA) is 122 Å². The Bertz CT molecular complexity index is 672. The summed E-state index contributed by atoms with van der Waals surface area (Å²) in [5.41, 5.74) is 0. The quantitative estimate of drug-likeness (QED) is 0.479. The van der Waals surface area contributed by atoms with E-state index in [0.29, 0.717) is 6.42 Å². The molecule has 2 aromatic rings. The summed E-state index contributed by atoms with van der Waals surface area (Å²) < 4.78 is 3.31. The van der Waals surface area contributed by atoms with Gasteiger partial charge in [-0.15, -0.1) is 0 Å². The summed E-state index contributed by atoms with van der Waals surface area (Å²) in [5.74, 6) is -0.407. The third-order valence-corrected chi connectivity index (χ3v) is 3.35. The van der Waals surface area contributed by atoms with E-state index in [1.807, 2.05) is 12.2 Å². The average Bonchev–Trinajstić information content (AvgIpc) is 3.18. The number of hydrogen-bond donors (Lipinski definition) is 0. The second-order valence-corrected chi connectivity index (χ2v) is 4.63. The van der Waals surface area contributed by atoms with Crippen LogP contribution >= 0.6 is 0 Å². The standard InChI is InChI=1S/C11H10N6O4/c18-16(19)10-4-14(6-12-10)8-1-2-9(3-8)15-5-11(13-7-15)17(20)21/h1-2,4-9H,3H2/t8-,9+. The van der Waals surface area contributed by atoms with E-state index >= 15 is 0 Å². The number of hydrogen-bond acceptors (Lipinski definition) is 6. The lowest BCUT2D eigenvalue weighted by atomic mass is 10.2. The Labute approximate surface area is 117 Å². The van der Waals surface area contributed by atoms with E-state index in [2.05, 4.69) is 9.97 Å². The van der Waals surface area contributed by atoms with Gasteiger partial charge < -0.3 is 29.4 Å². The Morgan fingerprint density at radius 2 is 1.38 bits per heavy atom. The molecule has 0 aliphatic heterocycles. The number of nitrogens with zero attached hydrogens (tertiary/aromatic N) is 6. The van der Waals surface area contributed by atoms with Crippen LogP contribution in [0, 0.1) is 20.2 Å². The number of rotatable bonds is 4. The number of imidazole rings is 2. The highest BCUT2D eigenvalue weighted by Crippen LogP contribution is 2.32. The van der Waals surface area contributed by atoms with E-state index in [-0.39, 0.29) is 23.7 Å². The minimum atomic E-state index is -0.550. The molecule has 0 saturated carbocycles. The fourth-order valence-corrected chi connectivity index (χ4v) is 2.31. The molecule has 2 atom stereocenters. The molecule has 2 heterocycles. The van der Waals surface area contributed by atoms with Crippen LogP contribution in [-0.4, -0.2) is 28.9 Å². The molecule has 0 fully saturated rings. The molecule has 0 N–H and O–H groups in total. The van der Waals surface area contributed by atoms with Crippen molar-refractivity contribution in [2.75, 3.05) is 0 Å². The first kappa shape index (κ1) is 13.0. The van der Waals surface area contributed by atoms with E-state index in [1.165, 1.54) is 25.0 Å². The lowest BCUT2D eigenvalue weighted by molar-refractivity contribution is -0.389. The zero-order chi connectivity index (χ0) is 15.0. The summed E-state index contributed by atoms with van der Waals surface area (Å²) >= 11 is 0. The highest BCUT2D eigenvalue weighted by molar-refractivity contribution is 5.19. The molecule has 1 aliphatic rings. The lowest BCUT2D eigenvalue weighted by Crippen LogP contribution is -2.07. The molecular formula is C11H10N6O4. The Morgan fingerprint density at radius 3 is 1.71 bits per heavy atom. The van der Waals surface area contributed by atoms with Gasteiger partial charge in [0.05, 0.1) is 12.1 Å². The van der Waals surface area contributed by atoms with Gasteiger partial charge in [-0.2, -0.15) is 0 Å². The number of aromatic nitrogens is 4. The van der Waals surface area contributed by atoms with Crippen LogP contribution < -0.4 is 0 Å². The molecule has 1 aliphatic carbocycles. The van der Waals surface area contributed by atoms with Gasteiger partial charge in [-0.05, 0) is 26.2 Å². The first-order chi connectivity index (χ1) is 10.0. The van der Waals surface area contributed by atoms with Crippen molar-refractivity contribution in [3.05, 3.63) is 57.4 Å². The van der Waals surface area contributed by atoms with Crippen molar-refractivity contribution in [3.63, 3.8) is 0 Å². The van der Waals surface area contributed by atoms with Crippen LogP contribution in [0.1, 0.15) is 18.5 Å². The van der Waals surface area contributed by atoms with Crippen molar-refractivity contribution in [2.24, 2.45) is 0 Å². The molecule has 21 heavy (non-hydrogen) atoms. The van der Waals surface area contributed by atoms with Crippen molar-refractivity contribution in [3.8, 4) is 0 Å². The van der Waals surface area contributed by atoms with Crippen LogP contribution in [0.15, 0.2) is 37.2 Å². The first-order valence-electron chi connectivity index (χ1n) is 6.08. The molecular weight excluding hydrogens is 280 g/mol. The Morgan fingerprint density at radius 1 is 0.952 bits per heavy atom. The third kappa shape index (κ3) is 2.38. The smallest absolute Gasteiger partial charge is 0.358 e. The molecule has 0 amide bonds. The van der Waals surface area contributed by atoms with Crippen molar-refractivity contribution >= 4 is 11.6 Å². The van der Waals surface area contributed by atoms with Crippen LogP contribution in [0.4, 0.5) is 11.6 Å². The molecule has 10 heteroatoms. The second-order valence-electron chi connectivity index (χ2n) is 4.63. The maximum Gasteiger partial charge on any atom is 0.381 e. The van der Waals surface area contributed by atoms with Crippen molar-refractivity contribution in [1.29, 1.82) is 0 Å². The van der Waals surface area contributed by atoms with Gasteiger partial charge in [0.15, 0.2) is 0 Å². The van der Waals surface area contributed by atoms with E-state index in [9.17, 15) is 20.2 Å². The predicted molar refractivity (Wildman–Crippen MR) is 69.6 cm³/mol. The zero-order valence-electron chi connectivity index (χ0n) is 10.6. The summed E-state index contributed by atoms with van der Waals surface area (Å²) in [6.07, 6.45) is 9.96. The summed E-state index contributed by atoms with van der Waals surface area (Å²) in [6.45, 7) is 0. The SMILES string of the molecule is O=[N+]([O-])c1cn([C@@H]2C=C[C@H](n3cnc([N+](=O)[O-])c3)C2)cn1. The summed E-state index contributed by atoms with van der Waals surface area (Å²) in [6, 6.07) is -0.143. The van der Waals surface area contributed by atoms with Gasteiger partial charge in [0, 0.05) is 0 Å². The summed E-state index contributed by atoms with van der Waals surface area (Å²) in [5, 5.41) is 21.2. The van der Waals surface area contributed by atoms with E-state index in [4.69, 9.17) is 0 Å². The Hall–Kier alpha value is -3.04. The van der Waals surface area contributed by atoms with Gasteiger partial charge in [-0.3, -0.25) is 0 Å². The normalized spacial score (nSPS) is 20.8. The van der Waals surface area contributed by atoms with Crippen molar-refractivity contribution < 1.29 is 9.85 Å². The lowest BCUT2D eigenvalue weighted by Gasteiger charge is -2.12. The zero-order valence-corrected chi connectivity index (χ0v) is 10.6. The molecule has 10 nitrogen and oxygen atoms in total. The maximum atomic E-state index is 10.6. The fourth-order valence-electron chi connectivity index (χ4n) is 2.31. The molecule has 2 aromatic heterocycles. The molecule has 0 bridgehead atoms. The molecule has 0 saturated heterocycles. The summed E-state index contributed by atoms with van der Waals surface area (Å²) in [7, 11) is 0. The maximum absolute atomic E-state index is 10.6. The van der Waals surface area contributed by atoms with Crippen molar-refractivity contribution in [2.45, 2.75) is 18.5 Å². The highest BCUT2D eigenvalue weighted by atomic mass is 16.6. The Kier molecular flexibility index (Phi) is 2.97. The monoisotopic (exact) mass is 290 g/mol. The van der Waals surface area contributed by atoms with Crippen molar-refractivity contribution in [1.82, 2.24) is 19.1 Å².